The Morgan fingerprint density at radius 2 is 1.92 bits per heavy atom. The maximum Gasteiger partial charge on any atom is 0.264 e. The number of phenolic OH excluding ortho intramolecular Hbond substituents is 1. The predicted octanol–water partition coefficient (Wildman–Crippen LogP) is 4.06. The first kappa shape index (κ1) is 18.3. The lowest BCUT2D eigenvalue weighted by Gasteiger charge is -2.06. The van der Waals surface area contributed by atoms with Gasteiger partial charge in [0, 0.05) is 0 Å². The van der Waals surface area contributed by atoms with E-state index in [4.69, 9.17) is 9.47 Å². The van der Waals surface area contributed by atoms with Gasteiger partial charge in [0.15, 0.2) is 16.7 Å². The van der Waals surface area contributed by atoms with Crippen LogP contribution in [0.2, 0.25) is 0 Å². The number of amidine groups is 1. The smallest absolute Gasteiger partial charge is 0.264 e. The van der Waals surface area contributed by atoms with Crippen molar-refractivity contribution >= 4 is 50.5 Å². The van der Waals surface area contributed by atoms with Crippen LogP contribution in [0.25, 0.3) is 6.08 Å². The second-order valence-corrected chi connectivity index (χ2v) is 7.12. The molecule has 1 heterocycles. The number of hydrogen-bond donors (Lipinski definition) is 2. The topological polar surface area (TPSA) is 80.2 Å². The Morgan fingerprint density at radius 1 is 1.19 bits per heavy atom. The average molecular weight is 435 g/mol. The Bertz CT molecular complexity index is 910. The molecule has 0 aromatic heterocycles. The highest BCUT2D eigenvalue weighted by molar-refractivity contribution is 9.10. The van der Waals surface area contributed by atoms with Gasteiger partial charge in [-0.05, 0) is 75.7 Å². The van der Waals surface area contributed by atoms with Crippen LogP contribution in [-0.2, 0) is 4.79 Å². The Kier molecular flexibility index (Phi) is 5.53. The van der Waals surface area contributed by atoms with Crippen molar-refractivity contribution in [2.75, 3.05) is 14.2 Å². The van der Waals surface area contributed by atoms with Crippen LogP contribution in [0.15, 0.2) is 50.8 Å². The Labute approximate surface area is 163 Å². The van der Waals surface area contributed by atoms with Crippen LogP contribution in [0.1, 0.15) is 5.56 Å². The molecule has 1 saturated heterocycles. The van der Waals surface area contributed by atoms with Crippen LogP contribution in [-0.4, -0.2) is 30.4 Å². The third-order valence-corrected chi connectivity index (χ3v) is 5.04. The number of carbonyl (C=O) groups excluding carboxylic acids is 1. The summed E-state index contributed by atoms with van der Waals surface area (Å²) >= 11 is 4.51. The molecule has 0 atom stereocenters. The summed E-state index contributed by atoms with van der Waals surface area (Å²) in [6.45, 7) is 0. The molecular weight excluding hydrogens is 420 g/mol. The quantitative estimate of drug-likeness (QED) is 0.709. The number of nitrogens with zero attached hydrogens (tertiary/aromatic N) is 1. The molecule has 26 heavy (non-hydrogen) atoms. The van der Waals surface area contributed by atoms with E-state index in [2.05, 4.69) is 26.2 Å². The summed E-state index contributed by atoms with van der Waals surface area (Å²) in [6, 6.07) is 10.6. The zero-order valence-electron chi connectivity index (χ0n) is 13.9. The number of halogens is 1. The summed E-state index contributed by atoms with van der Waals surface area (Å²) in [5, 5.41) is 13.1. The molecule has 8 heteroatoms. The number of thioether (sulfide) groups is 1. The van der Waals surface area contributed by atoms with Gasteiger partial charge < -0.3 is 19.9 Å². The molecule has 3 rings (SSSR count). The zero-order chi connectivity index (χ0) is 18.7. The fraction of sp³-hybridized carbons (Fsp3) is 0.111. The van der Waals surface area contributed by atoms with Gasteiger partial charge in [-0.3, -0.25) is 4.79 Å². The van der Waals surface area contributed by atoms with E-state index >= 15 is 0 Å². The molecule has 0 unspecified atom stereocenters. The summed E-state index contributed by atoms with van der Waals surface area (Å²) in [5.41, 5.74) is 1.43. The molecule has 1 fully saturated rings. The van der Waals surface area contributed by atoms with Crippen LogP contribution < -0.4 is 14.8 Å². The number of benzene rings is 2. The van der Waals surface area contributed by atoms with Gasteiger partial charge in [0.05, 0.1) is 29.3 Å². The van der Waals surface area contributed by atoms with E-state index in [-0.39, 0.29) is 11.7 Å². The molecule has 1 amide bonds. The van der Waals surface area contributed by atoms with E-state index in [0.29, 0.717) is 26.0 Å². The van der Waals surface area contributed by atoms with Crippen LogP contribution in [0.5, 0.6) is 17.2 Å². The average Bonchev–Trinajstić information content (AvgIpc) is 2.97. The molecule has 134 valence electrons. The van der Waals surface area contributed by atoms with Gasteiger partial charge in [-0.15, -0.1) is 0 Å². The minimum atomic E-state index is -0.231. The number of methoxy groups -OCH3 is 2. The predicted molar refractivity (Wildman–Crippen MR) is 106 cm³/mol. The van der Waals surface area contributed by atoms with Gasteiger partial charge in [-0.2, -0.15) is 0 Å². The maximum absolute atomic E-state index is 12.2. The van der Waals surface area contributed by atoms with Crippen molar-refractivity contribution in [2.24, 2.45) is 4.99 Å². The fourth-order valence-electron chi connectivity index (χ4n) is 2.24. The van der Waals surface area contributed by atoms with Crippen LogP contribution >= 0.6 is 27.7 Å². The first-order chi connectivity index (χ1) is 12.5. The molecule has 1 aliphatic heterocycles. The second kappa shape index (κ2) is 7.84. The molecule has 2 aromatic carbocycles. The molecule has 2 N–H and O–H groups in total. The van der Waals surface area contributed by atoms with E-state index in [1.165, 1.54) is 18.9 Å². The Morgan fingerprint density at radius 3 is 2.58 bits per heavy atom. The van der Waals surface area contributed by atoms with E-state index in [1.54, 1.807) is 37.5 Å². The lowest BCUT2D eigenvalue weighted by molar-refractivity contribution is -0.115. The van der Waals surface area contributed by atoms with E-state index in [0.717, 1.165) is 11.3 Å². The highest BCUT2D eigenvalue weighted by Crippen LogP contribution is 2.37. The van der Waals surface area contributed by atoms with E-state index in [9.17, 15) is 9.90 Å². The first-order valence-electron chi connectivity index (χ1n) is 7.50. The monoisotopic (exact) mass is 434 g/mol. The molecule has 6 nitrogen and oxygen atoms in total. The van der Waals surface area contributed by atoms with Gasteiger partial charge >= 0.3 is 0 Å². The third-order valence-electron chi connectivity index (χ3n) is 3.52. The molecule has 2 aromatic rings. The van der Waals surface area contributed by atoms with Crippen molar-refractivity contribution < 1.29 is 19.4 Å². The highest BCUT2D eigenvalue weighted by atomic mass is 79.9. The van der Waals surface area contributed by atoms with Gasteiger partial charge in [0.1, 0.15) is 5.75 Å². The normalized spacial score (nSPS) is 16.8. The van der Waals surface area contributed by atoms with Crippen LogP contribution in [0, 0.1) is 0 Å². The number of carbonyl (C=O) groups is 1. The van der Waals surface area contributed by atoms with Crippen molar-refractivity contribution in [3.63, 3.8) is 0 Å². The summed E-state index contributed by atoms with van der Waals surface area (Å²) in [4.78, 5) is 17.1. The number of phenols is 1. The van der Waals surface area contributed by atoms with Crippen molar-refractivity contribution in [1.82, 2.24) is 5.32 Å². The van der Waals surface area contributed by atoms with E-state index in [1.807, 2.05) is 12.1 Å². The van der Waals surface area contributed by atoms with Crippen molar-refractivity contribution in [1.29, 1.82) is 0 Å². The summed E-state index contributed by atoms with van der Waals surface area (Å²) in [5.74, 6) is 0.844. The van der Waals surface area contributed by atoms with E-state index < -0.39 is 0 Å². The molecule has 0 aliphatic carbocycles. The number of aliphatic imine (C=N–C) groups is 1. The highest BCUT2D eigenvalue weighted by Gasteiger charge is 2.24. The summed E-state index contributed by atoms with van der Waals surface area (Å²) in [6.07, 6.45) is 1.71. The van der Waals surface area contributed by atoms with Crippen LogP contribution in [0.4, 0.5) is 5.69 Å². The van der Waals surface area contributed by atoms with Gasteiger partial charge in [-0.25, -0.2) is 4.99 Å². The second-order valence-electron chi connectivity index (χ2n) is 5.23. The van der Waals surface area contributed by atoms with Crippen LogP contribution in [0.3, 0.4) is 0 Å². The Balaban J connectivity index is 1.84. The SMILES string of the molecule is COc1ccc(N=C2NC(=O)/C(=C/c3cc(Br)c(O)c(OC)c3)S2)cc1. The number of ether oxygens (including phenoxy) is 2. The van der Waals surface area contributed by atoms with Gasteiger partial charge in [-0.1, -0.05) is 0 Å². The summed E-state index contributed by atoms with van der Waals surface area (Å²) in [7, 11) is 3.07. The molecule has 1 aliphatic rings. The number of hydrogen-bond acceptors (Lipinski definition) is 6. The largest absolute Gasteiger partial charge is 0.503 e. The fourth-order valence-corrected chi connectivity index (χ4v) is 3.54. The summed E-state index contributed by atoms with van der Waals surface area (Å²) < 4.78 is 10.7. The number of amides is 1. The standard InChI is InChI=1S/C18H15BrN2O4S/c1-24-12-5-3-11(4-6-12)20-18-21-17(23)15(26-18)9-10-7-13(19)16(22)14(8-10)25-2/h3-9,22H,1-2H3,(H,20,21,23)/b15-9-. The minimum Gasteiger partial charge on any atom is -0.503 e. The molecular formula is C18H15BrN2O4S. The van der Waals surface area contributed by atoms with Crippen molar-refractivity contribution in [3.8, 4) is 17.2 Å². The molecule has 0 bridgehead atoms. The molecule has 0 saturated carbocycles. The number of nitrogens with one attached hydrogen (secondary N) is 1. The Hall–Kier alpha value is -2.45. The van der Waals surface area contributed by atoms with Crippen molar-refractivity contribution in [2.45, 2.75) is 0 Å². The lowest BCUT2D eigenvalue weighted by atomic mass is 10.2. The minimum absolute atomic E-state index is 0.0138. The lowest BCUT2D eigenvalue weighted by Crippen LogP contribution is -2.19. The molecule has 0 spiro atoms. The maximum atomic E-state index is 12.2. The van der Waals surface area contributed by atoms with Gasteiger partial charge in [0.25, 0.3) is 5.91 Å². The number of aromatic hydroxyl groups is 1. The third kappa shape index (κ3) is 4.03. The van der Waals surface area contributed by atoms with Gasteiger partial charge in [0.2, 0.25) is 0 Å². The molecule has 0 radical (unpaired) electrons. The number of rotatable bonds is 4. The first-order valence-corrected chi connectivity index (χ1v) is 9.11. The zero-order valence-corrected chi connectivity index (χ0v) is 16.3. The van der Waals surface area contributed by atoms with Crippen molar-refractivity contribution in [3.05, 3.63) is 51.3 Å².